The van der Waals surface area contributed by atoms with Gasteiger partial charge in [-0.2, -0.15) is 12.7 Å². The molecule has 0 radical (unpaired) electrons. The molecule has 18 heteroatoms. The molecular weight excluding hydrogens is 825 g/mol. The Bertz CT molecular complexity index is 1880. The molecule has 5 amide bonds. The van der Waals surface area contributed by atoms with Crippen LogP contribution in [0.1, 0.15) is 117 Å². The Morgan fingerprint density at radius 3 is 2.06 bits per heavy atom. The Morgan fingerprint density at radius 1 is 0.790 bits per heavy atom. The molecule has 0 aromatic rings. The van der Waals surface area contributed by atoms with Crippen LogP contribution in [0.4, 0.5) is 8.78 Å². The van der Waals surface area contributed by atoms with Gasteiger partial charge in [-0.25, -0.2) is 13.5 Å². The standard InChI is InChI=1S/C44H67F2N7O8S/c1-4-30-24-44(30,40(58)50-62(59,60)52-20-8-9-21-52)49-37(55)32-25-43(41(2,3)42(43)17-11-18-42)27-53(32)39(57)35(29-15-22-61-23-16-29)48-38(56)34(28-12-6-5-7-13-28)47-36(54)31-14-10-19-51(31)26-33(45)46/h4,28-35H,1,5-27H2,2-3H3,(H,47,54)(H,48,56)(H,49,55)(H,50,58)/t30-,31+,32+,34?,35+,43-,44-/m1/s1. The summed E-state index contributed by atoms with van der Waals surface area (Å²) in [5.41, 5.74) is -2.21. The second kappa shape index (κ2) is 17.3. The van der Waals surface area contributed by atoms with Crippen LogP contribution in [0.5, 0.6) is 0 Å². The van der Waals surface area contributed by atoms with Gasteiger partial charge < -0.3 is 25.6 Å². The maximum Gasteiger partial charge on any atom is 0.303 e. The molecule has 346 valence electrons. The summed E-state index contributed by atoms with van der Waals surface area (Å²) in [7, 11) is -4.14. The number of carbonyl (C=O) groups excluding carboxylic acids is 5. The lowest BCUT2D eigenvalue weighted by Gasteiger charge is -2.37. The third kappa shape index (κ3) is 7.87. The van der Waals surface area contributed by atoms with Crippen molar-refractivity contribution in [2.75, 3.05) is 45.9 Å². The number of halogens is 2. The number of hydrogen-bond donors (Lipinski definition) is 4. The summed E-state index contributed by atoms with van der Waals surface area (Å²) in [4.78, 5) is 75.9. The summed E-state index contributed by atoms with van der Waals surface area (Å²) >= 11 is 0. The van der Waals surface area contributed by atoms with Gasteiger partial charge in [0.15, 0.2) is 0 Å². The van der Waals surface area contributed by atoms with E-state index in [1.807, 2.05) is 0 Å². The van der Waals surface area contributed by atoms with E-state index in [0.29, 0.717) is 90.6 Å². The second-order valence-electron chi connectivity index (χ2n) is 20.2. The van der Waals surface area contributed by atoms with E-state index in [1.165, 1.54) is 15.3 Å². The van der Waals surface area contributed by atoms with E-state index in [4.69, 9.17) is 4.74 Å². The zero-order valence-electron chi connectivity index (χ0n) is 36.4. The highest BCUT2D eigenvalue weighted by atomic mass is 32.2. The first-order valence-electron chi connectivity index (χ1n) is 23.3. The second-order valence-corrected chi connectivity index (χ2v) is 21.9. The first kappa shape index (κ1) is 45.4. The van der Waals surface area contributed by atoms with Gasteiger partial charge in [-0.1, -0.05) is 45.6 Å². The number of likely N-dealkylation sites (tertiary alicyclic amines) is 2. The predicted molar refractivity (Wildman–Crippen MR) is 224 cm³/mol. The molecule has 4 aliphatic carbocycles. The van der Waals surface area contributed by atoms with Crippen LogP contribution < -0.4 is 20.7 Å². The lowest BCUT2D eigenvalue weighted by Crippen LogP contribution is -2.62. The Hall–Kier alpha value is -3.22. The van der Waals surface area contributed by atoms with E-state index in [2.05, 4.69) is 41.1 Å². The third-order valence-corrected chi connectivity index (χ3v) is 18.6. The molecule has 8 aliphatic rings. The minimum absolute atomic E-state index is 0.0676. The fourth-order valence-electron chi connectivity index (χ4n) is 13.1. The summed E-state index contributed by atoms with van der Waals surface area (Å²) in [6.45, 7) is 9.71. The number of nitrogens with zero attached hydrogens (tertiary/aromatic N) is 3. The van der Waals surface area contributed by atoms with Crippen molar-refractivity contribution in [3.8, 4) is 0 Å². The van der Waals surface area contributed by atoms with Crippen LogP contribution in [0.3, 0.4) is 0 Å². The van der Waals surface area contributed by atoms with Gasteiger partial charge in [-0.15, -0.1) is 6.58 Å². The Kier molecular flexibility index (Phi) is 12.7. The quantitative estimate of drug-likeness (QED) is 0.180. The molecular formula is C44H67F2N7O8S. The monoisotopic (exact) mass is 891 g/mol. The van der Waals surface area contributed by atoms with Gasteiger partial charge in [-0.05, 0) is 106 Å². The average Bonchev–Trinajstić information content (AvgIpc) is 3.62. The summed E-state index contributed by atoms with van der Waals surface area (Å²) in [6.07, 6.45) is 9.85. The number of rotatable bonds is 15. The average molecular weight is 892 g/mol. The molecule has 7 atom stereocenters. The summed E-state index contributed by atoms with van der Waals surface area (Å²) in [6, 6.07) is -3.85. The number of carbonyl (C=O) groups is 5. The van der Waals surface area contributed by atoms with Gasteiger partial charge in [0, 0.05) is 44.2 Å². The largest absolute Gasteiger partial charge is 0.381 e. The predicted octanol–water partition coefficient (Wildman–Crippen LogP) is 3.01. The fourth-order valence-corrected chi connectivity index (χ4v) is 14.4. The highest BCUT2D eigenvalue weighted by molar-refractivity contribution is 7.87. The van der Waals surface area contributed by atoms with Crippen LogP contribution >= 0.6 is 0 Å². The molecule has 8 fully saturated rings. The zero-order valence-corrected chi connectivity index (χ0v) is 37.3. The number of amides is 5. The van der Waals surface area contributed by atoms with E-state index in [9.17, 15) is 36.4 Å². The molecule has 0 bridgehead atoms. The minimum Gasteiger partial charge on any atom is -0.381 e. The maximum atomic E-state index is 15.4. The van der Waals surface area contributed by atoms with Crippen LogP contribution in [-0.2, 0) is 38.9 Å². The fraction of sp³-hybridized carbons (Fsp3) is 0.841. The topological polar surface area (TPSA) is 187 Å². The first-order chi connectivity index (χ1) is 29.5. The highest BCUT2D eigenvalue weighted by Gasteiger charge is 2.85. The number of hydrogen-bond acceptors (Lipinski definition) is 9. The smallest absolute Gasteiger partial charge is 0.303 e. The van der Waals surface area contributed by atoms with Crippen molar-refractivity contribution in [2.45, 2.75) is 153 Å². The Labute approximate surface area is 364 Å². The van der Waals surface area contributed by atoms with Gasteiger partial charge in [0.1, 0.15) is 23.7 Å². The Morgan fingerprint density at radius 2 is 1.47 bits per heavy atom. The molecule has 4 saturated carbocycles. The molecule has 0 aromatic carbocycles. The molecule has 2 spiro atoms. The van der Waals surface area contributed by atoms with Crippen molar-refractivity contribution in [1.29, 1.82) is 0 Å². The van der Waals surface area contributed by atoms with E-state index in [1.54, 1.807) is 4.90 Å². The molecule has 15 nitrogen and oxygen atoms in total. The van der Waals surface area contributed by atoms with Gasteiger partial charge in [-0.3, -0.25) is 28.9 Å². The van der Waals surface area contributed by atoms with Crippen LogP contribution in [0.15, 0.2) is 12.7 Å². The number of nitrogens with one attached hydrogen (secondary N) is 4. The van der Waals surface area contributed by atoms with Gasteiger partial charge in [0.25, 0.3) is 12.3 Å². The number of fused-ring (bicyclic) bond motifs is 1. The summed E-state index contributed by atoms with van der Waals surface area (Å²) in [5, 5.41) is 9.03. The van der Waals surface area contributed by atoms with Crippen molar-refractivity contribution in [1.82, 2.24) is 34.8 Å². The van der Waals surface area contributed by atoms with E-state index < -0.39 is 88.3 Å². The number of ether oxygens (including phenoxy) is 1. The van der Waals surface area contributed by atoms with Crippen LogP contribution in [0.2, 0.25) is 0 Å². The molecule has 4 N–H and O–H groups in total. The zero-order chi connectivity index (χ0) is 44.2. The van der Waals surface area contributed by atoms with Gasteiger partial charge in [0.05, 0.1) is 12.6 Å². The van der Waals surface area contributed by atoms with Gasteiger partial charge >= 0.3 is 10.2 Å². The summed E-state index contributed by atoms with van der Waals surface area (Å²) < 4.78 is 62.5. The van der Waals surface area contributed by atoms with Crippen molar-refractivity contribution in [2.24, 2.45) is 34.0 Å². The third-order valence-electron chi connectivity index (χ3n) is 17.1. The molecule has 4 saturated heterocycles. The first-order valence-corrected chi connectivity index (χ1v) is 24.7. The van der Waals surface area contributed by atoms with Crippen molar-refractivity contribution in [3.05, 3.63) is 12.7 Å². The molecule has 0 aromatic heterocycles. The van der Waals surface area contributed by atoms with Gasteiger partial charge in [0.2, 0.25) is 23.6 Å². The molecule has 8 rings (SSSR count). The maximum absolute atomic E-state index is 15.4. The molecule has 4 aliphatic heterocycles. The SMILES string of the molecule is C=C[C@@H]1C[C@]1(NC(=O)[C@@H]1C[C@@]2(CN1C(=O)[C@@H](NC(=O)C(NC(=O)[C@@H]1CCCN1CC(F)F)C1CCCCC1)C1CCOCC1)C(C)(C)C21CCC1)C(=O)NS(=O)(=O)N1CCCC1. The van der Waals surface area contributed by atoms with E-state index in [-0.39, 0.29) is 41.0 Å². The molecule has 1 unspecified atom stereocenters. The highest BCUT2D eigenvalue weighted by Crippen LogP contribution is 2.88. The Balaban J connectivity index is 1.07. The lowest BCUT2D eigenvalue weighted by molar-refractivity contribution is -0.145. The van der Waals surface area contributed by atoms with Crippen molar-refractivity contribution in [3.63, 3.8) is 0 Å². The van der Waals surface area contributed by atoms with E-state index in [0.717, 1.165) is 38.5 Å². The molecule has 4 heterocycles. The van der Waals surface area contributed by atoms with E-state index >= 15 is 4.79 Å². The van der Waals surface area contributed by atoms with Crippen molar-refractivity contribution < 1.29 is 45.9 Å². The van der Waals surface area contributed by atoms with Crippen LogP contribution in [0.25, 0.3) is 0 Å². The lowest BCUT2D eigenvalue weighted by atomic mass is 9.73. The minimum atomic E-state index is -4.14. The number of alkyl halides is 2. The van der Waals surface area contributed by atoms with Crippen LogP contribution in [-0.4, -0.2) is 134 Å². The normalized spacial score (nSPS) is 33.2. The van der Waals surface area contributed by atoms with Crippen LogP contribution in [0, 0.1) is 34.0 Å². The summed E-state index contributed by atoms with van der Waals surface area (Å²) in [5.74, 6) is -3.87. The molecule has 62 heavy (non-hydrogen) atoms. The van der Waals surface area contributed by atoms with Crippen molar-refractivity contribution >= 4 is 39.7 Å².